The number of ether oxygens (including phenoxy) is 1. The molecule has 6 heteroatoms. The van der Waals surface area contributed by atoms with Crippen molar-refractivity contribution in [2.24, 2.45) is 5.73 Å². The molecule has 0 atom stereocenters. The van der Waals surface area contributed by atoms with Crippen LogP contribution in [0, 0.1) is 0 Å². The van der Waals surface area contributed by atoms with Crippen molar-refractivity contribution in [3.05, 3.63) is 0 Å². The fourth-order valence-corrected chi connectivity index (χ4v) is 1.16. The van der Waals surface area contributed by atoms with Gasteiger partial charge in [0.15, 0.2) is 0 Å². The fraction of sp³-hybridized carbons (Fsp3) is 0.900. The van der Waals surface area contributed by atoms with Crippen LogP contribution < -0.4 is 11.1 Å². The van der Waals surface area contributed by atoms with Crippen LogP contribution in [0.4, 0.5) is 8.78 Å². The highest BCUT2D eigenvalue weighted by Crippen LogP contribution is 2.10. The summed E-state index contributed by atoms with van der Waals surface area (Å²) in [6.07, 6.45) is -1.41. The summed E-state index contributed by atoms with van der Waals surface area (Å²) >= 11 is 0. The zero-order chi connectivity index (χ0) is 12.6. The second-order valence-electron chi connectivity index (χ2n) is 3.59. The first-order chi connectivity index (χ1) is 7.46. The number of nitrogens with two attached hydrogens (primary N) is 1. The number of carbonyl (C=O) groups excluding carboxylic acids is 1. The predicted molar refractivity (Wildman–Crippen MR) is 57.3 cm³/mol. The molecule has 0 rings (SSSR count). The number of alkyl halides is 2. The van der Waals surface area contributed by atoms with E-state index in [1.165, 1.54) is 0 Å². The number of hydrogen-bond acceptors (Lipinski definition) is 3. The molecule has 96 valence electrons. The van der Waals surface area contributed by atoms with Gasteiger partial charge in [-0.15, -0.1) is 0 Å². The summed E-state index contributed by atoms with van der Waals surface area (Å²) in [6, 6.07) is 0. The Kier molecular flexibility index (Phi) is 7.16. The molecule has 1 amide bonds. The summed E-state index contributed by atoms with van der Waals surface area (Å²) in [7, 11) is 0. The fourth-order valence-electron chi connectivity index (χ4n) is 1.16. The van der Waals surface area contributed by atoms with Gasteiger partial charge in [-0.25, -0.2) is 8.78 Å². The number of amides is 1. The maximum atomic E-state index is 11.7. The zero-order valence-corrected chi connectivity index (χ0v) is 9.76. The summed E-state index contributed by atoms with van der Waals surface area (Å²) in [4.78, 5) is 11.6. The Balaban J connectivity index is 3.73. The monoisotopic (exact) mass is 238 g/mol. The highest BCUT2D eigenvalue weighted by Gasteiger charge is 2.29. The van der Waals surface area contributed by atoms with E-state index in [0.717, 1.165) is 0 Å². The molecular weight excluding hydrogens is 218 g/mol. The molecule has 16 heavy (non-hydrogen) atoms. The highest BCUT2D eigenvalue weighted by molar-refractivity contribution is 5.85. The van der Waals surface area contributed by atoms with E-state index in [2.05, 4.69) is 10.1 Å². The molecule has 4 nitrogen and oxygen atoms in total. The second kappa shape index (κ2) is 7.51. The maximum Gasteiger partial charge on any atom is 0.261 e. The Morgan fingerprint density at radius 3 is 2.44 bits per heavy atom. The standard InChI is InChI=1S/C10H20F2N2O2/c1-3-10(13,4-2)9(15)14-5-6-16-7-8(11)12/h8H,3-7,13H2,1-2H3,(H,14,15). The molecule has 0 bridgehead atoms. The summed E-state index contributed by atoms with van der Waals surface area (Å²) in [5, 5.41) is 2.57. The van der Waals surface area contributed by atoms with Crippen LogP contribution in [0.25, 0.3) is 0 Å². The SMILES string of the molecule is CCC(N)(CC)C(=O)NCCOCC(F)F. The van der Waals surface area contributed by atoms with Crippen LogP contribution in [0.3, 0.4) is 0 Å². The Morgan fingerprint density at radius 2 is 2.00 bits per heavy atom. The van der Waals surface area contributed by atoms with Gasteiger partial charge in [-0.2, -0.15) is 0 Å². The van der Waals surface area contributed by atoms with Gasteiger partial charge in [-0.05, 0) is 12.8 Å². The lowest BCUT2D eigenvalue weighted by Gasteiger charge is -2.25. The van der Waals surface area contributed by atoms with E-state index in [1.54, 1.807) is 0 Å². The van der Waals surface area contributed by atoms with E-state index in [9.17, 15) is 13.6 Å². The highest BCUT2D eigenvalue weighted by atomic mass is 19.3. The van der Waals surface area contributed by atoms with Crippen molar-refractivity contribution in [2.75, 3.05) is 19.8 Å². The second-order valence-corrected chi connectivity index (χ2v) is 3.59. The van der Waals surface area contributed by atoms with Gasteiger partial charge in [0.1, 0.15) is 6.61 Å². The molecule has 0 heterocycles. The minimum Gasteiger partial charge on any atom is -0.374 e. The molecule has 0 fully saturated rings. The maximum absolute atomic E-state index is 11.7. The number of hydrogen-bond donors (Lipinski definition) is 2. The molecule has 0 aliphatic rings. The van der Waals surface area contributed by atoms with Crippen molar-refractivity contribution in [2.45, 2.75) is 38.7 Å². The average molecular weight is 238 g/mol. The summed E-state index contributed by atoms with van der Waals surface area (Å²) in [5.41, 5.74) is 4.96. The zero-order valence-electron chi connectivity index (χ0n) is 9.76. The Morgan fingerprint density at radius 1 is 1.44 bits per heavy atom. The molecule has 0 radical (unpaired) electrons. The Labute approximate surface area is 94.5 Å². The van der Waals surface area contributed by atoms with Gasteiger partial charge in [0.05, 0.1) is 12.1 Å². The minimum atomic E-state index is -2.48. The number of rotatable bonds is 8. The quantitative estimate of drug-likeness (QED) is 0.617. The minimum absolute atomic E-state index is 0.0690. The van der Waals surface area contributed by atoms with Crippen molar-refractivity contribution >= 4 is 5.91 Å². The lowest BCUT2D eigenvalue weighted by Crippen LogP contribution is -2.53. The van der Waals surface area contributed by atoms with Crippen LogP contribution in [0.1, 0.15) is 26.7 Å². The summed E-state index contributed by atoms with van der Waals surface area (Å²) in [5.74, 6) is -0.266. The molecule has 0 unspecified atom stereocenters. The molecule has 0 spiro atoms. The van der Waals surface area contributed by atoms with E-state index in [-0.39, 0.29) is 19.1 Å². The van der Waals surface area contributed by atoms with Crippen molar-refractivity contribution in [1.82, 2.24) is 5.32 Å². The largest absolute Gasteiger partial charge is 0.374 e. The van der Waals surface area contributed by atoms with E-state index in [0.29, 0.717) is 12.8 Å². The molecule has 3 N–H and O–H groups in total. The molecule has 0 aromatic carbocycles. The molecule has 0 aromatic rings. The first-order valence-corrected chi connectivity index (χ1v) is 5.39. The number of halogens is 2. The topological polar surface area (TPSA) is 64.4 Å². The number of nitrogens with one attached hydrogen (secondary N) is 1. The van der Waals surface area contributed by atoms with Gasteiger partial charge in [0.25, 0.3) is 6.43 Å². The van der Waals surface area contributed by atoms with Crippen LogP contribution in [-0.2, 0) is 9.53 Å². The van der Waals surface area contributed by atoms with E-state index < -0.39 is 18.6 Å². The summed E-state index contributed by atoms with van der Waals surface area (Å²) < 4.78 is 28.0. The van der Waals surface area contributed by atoms with E-state index in [4.69, 9.17) is 5.73 Å². The van der Waals surface area contributed by atoms with Crippen molar-refractivity contribution < 1.29 is 18.3 Å². The molecule has 0 saturated heterocycles. The van der Waals surface area contributed by atoms with Gasteiger partial charge in [0.2, 0.25) is 5.91 Å². The molecule has 0 saturated carbocycles. The van der Waals surface area contributed by atoms with Crippen LogP contribution in [-0.4, -0.2) is 37.6 Å². The smallest absolute Gasteiger partial charge is 0.261 e. The van der Waals surface area contributed by atoms with Gasteiger partial charge in [0, 0.05) is 6.54 Å². The third-order valence-corrected chi connectivity index (χ3v) is 2.49. The number of carbonyl (C=O) groups is 1. The Bertz CT molecular complexity index is 209. The third kappa shape index (κ3) is 5.37. The molecule has 0 aliphatic carbocycles. The Hall–Kier alpha value is -0.750. The normalized spacial score (nSPS) is 11.9. The lowest BCUT2D eigenvalue weighted by atomic mass is 9.93. The van der Waals surface area contributed by atoms with Gasteiger partial charge in [-0.1, -0.05) is 13.8 Å². The first kappa shape index (κ1) is 15.2. The average Bonchev–Trinajstić information content (AvgIpc) is 2.26. The van der Waals surface area contributed by atoms with Gasteiger partial charge < -0.3 is 15.8 Å². The van der Waals surface area contributed by atoms with Crippen molar-refractivity contribution in [3.8, 4) is 0 Å². The van der Waals surface area contributed by atoms with E-state index >= 15 is 0 Å². The van der Waals surface area contributed by atoms with Crippen molar-refractivity contribution in [3.63, 3.8) is 0 Å². The molecule has 0 aliphatic heterocycles. The van der Waals surface area contributed by atoms with Crippen molar-refractivity contribution in [1.29, 1.82) is 0 Å². The van der Waals surface area contributed by atoms with Gasteiger partial charge in [-0.3, -0.25) is 4.79 Å². The van der Waals surface area contributed by atoms with Crippen LogP contribution in [0.5, 0.6) is 0 Å². The molecular formula is C10H20F2N2O2. The lowest BCUT2D eigenvalue weighted by molar-refractivity contribution is -0.126. The van der Waals surface area contributed by atoms with Crippen LogP contribution in [0.2, 0.25) is 0 Å². The molecule has 0 aromatic heterocycles. The van der Waals surface area contributed by atoms with Gasteiger partial charge >= 0.3 is 0 Å². The third-order valence-electron chi connectivity index (χ3n) is 2.49. The first-order valence-electron chi connectivity index (χ1n) is 5.39. The summed E-state index contributed by atoms with van der Waals surface area (Å²) in [6.45, 7) is 3.32. The predicted octanol–water partition coefficient (Wildman–Crippen LogP) is 0.902. The van der Waals surface area contributed by atoms with E-state index in [1.807, 2.05) is 13.8 Å². The van der Waals surface area contributed by atoms with Crippen LogP contribution >= 0.6 is 0 Å². The van der Waals surface area contributed by atoms with Crippen LogP contribution in [0.15, 0.2) is 0 Å².